The highest BCUT2D eigenvalue weighted by molar-refractivity contribution is 5.91. The molecule has 21 heavy (non-hydrogen) atoms. The van der Waals surface area contributed by atoms with Crippen molar-refractivity contribution in [3.63, 3.8) is 0 Å². The van der Waals surface area contributed by atoms with E-state index in [0.717, 1.165) is 0 Å². The number of nitrogens with one attached hydrogen (secondary N) is 1. The van der Waals surface area contributed by atoms with Crippen molar-refractivity contribution >= 4 is 17.7 Å². The van der Waals surface area contributed by atoms with Gasteiger partial charge in [0.05, 0.1) is 18.7 Å². The van der Waals surface area contributed by atoms with Crippen LogP contribution in [0.3, 0.4) is 0 Å². The normalized spacial score (nSPS) is 18.2. The first-order chi connectivity index (χ1) is 10.0. The van der Waals surface area contributed by atoms with Gasteiger partial charge in [0, 0.05) is 19.2 Å². The molecule has 1 heterocycles. The van der Waals surface area contributed by atoms with Crippen molar-refractivity contribution in [3.05, 3.63) is 24.0 Å². The standard InChI is InChI=1S/C14H17FN2O4/c1-21-12-7-10(15)4-5-11(12)16-14(20)17-6-2-3-9(8-17)13(18)19/h4-5,7,9H,2-3,6,8H2,1H3,(H,16,20)(H,18,19)/t9-/m0/s1. The lowest BCUT2D eigenvalue weighted by molar-refractivity contribution is -0.143. The minimum Gasteiger partial charge on any atom is -0.494 e. The number of carboxylic acid groups (broad SMARTS) is 1. The number of ether oxygens (including phenoxy) is 1. The predicted molar refractivity (Wildman–Crippen MR) is 73.9 cm³/mol. The van der Waals surface area contributed by atoms with E-state index in [1.165, 1.54) is 30.2 Å². The molecule has 1 fully saturated rings. The molecule has 7 heteroatoms. The molecule has 2 N–H and O–H groups in total. The molecular weight excluding hydrogens is 279 g/mol. The molecule has 114 valence electrons. The Balaban J connectivity index is 2.06. The number of benzene rings is 1. The van der Waals surface area contributed by atoms with Crippen LogP contribution in [0.1, 0.15) is 12.8 Å². The summed E-state index contributed by atoms with van der Waals surface area (Å²) in [4.78, 5) is 24.6. The summed E-state index contributed by atoms with van der Waals surface area (Å²) in [6.07, 6.45) is 1.21. The summed E-state index contributed by atoms with van der Waals surface area (Å²) in [5.74, 6) is -1.68. The third-order valence-corrected chi connectivity index (χ3v) is 3.46. The summed E-state index contributed by atoms with van der Waals surface area (Å²) in [6, 6.07) is 3.39. The zero-order chi connectivity index (χ0) is 15.4. The number of carboxylic acids is 1. The SMILES string of the molecule is COc1cc(F)ccc1NC(=O)N1CCC[C@H](C(=O)O)C1. The number of rotatable bonds is 3. The van der Waals surface area contributed by atoms with E-state index in [0.29, 0.717) is 25.1 Å². The molecule has 0 bridgehead atoms. The number of piperidine rings is 1. The van der Waals surface area contributed by atoms with Crippen molar-refractivity contribution in [1.29, 1.82) is 0 Å². The molecule has 1 atom stereocenters. The van der Waals surface area contributed by atoms with E-state index in [1.807, 2.05) is 0 Å². The van der Waals surface area contributed by atoms with Crippen molar-refractivity contribution in [1.82, 2.24) is 4.90 Å². The molecule has 0 radical (unpaired) electrons. The molecule has 0 spiro atoms. The van der Waals surface area contributed by atoms with Crippen molar-refractivity contribution in [3.8, 4) is 5.75 Å². The van der Waals surface area contributed by atoms with Crippen LogP contribution in [0.15, 0.2) is 18.2 Å². The highest BCUT2D eigenvalue weighted by atomic mass is 19.1. The number of methoxy groups -OCH3 is 1. The first-order valence-electron chi connectivity index (χ1n) is 6.63. The van der Waals surface area contributed by atoms with Gasteiger partial charge in [0.25, 0.3) is 0 Å². The number of hydrogen-bond donors (Lipinski definition) is 2. The van der Waals surface area contributed by atoms with Gasteiger partial charge < -0.3 is 20.1 Å². The van der Waals surface area contributed by atoms with Crippen molar-refractivity contribution in [2.45, 2.75) is 12.8 Å². The fourth-order valence-corrected chi connectivity index (χ4v) is 2.33. The molecule has 1 aliphatic rings. The highest BCUT2D eigenvalue weighted by Crippen LogP contribution is 2.26. The second-order valence-corrected chi connectivity index (χ2v) is 4.90. The van der Waals surface area contributed by atoms with E-state index in [4.69, 9.17) is 9.84 Å². The Hall–Kier alpha value is -2.31. The molecule has 6 nitrogen and oxygen atoms in total. The number of likely N-dealkylation sites (tertiary alicyclic amines) is 1. The molecule has 1 saturated heterocycles. The number of hydrogen-bond acceptors (Lipinski definition) is 3. The average molecular weight is 296 g/mol. The molecule has 0 aromatic heterocycles. The summed E-state index contributed by atoms with van der Waals surface area (Å²) in [6.45, 7) is 0.670. The van der Waals surface area contributed by atoms with Gasteiger partial charge in [-0.25, -0.2) is 9.18 Å². The number of amides is 2. The first kappa shape index (κ1) is 15.1. The minimum absolute atomic E-state index is 0.171. The number of carbonyl (C=O) groups excluding carboxylic acids is 1. The Labute approximate surface area is 121 Å². The van der Waals surface area contributed by atoms with Gasteiger partial charge in [-0.1, -0.05) is 0 Å². The molecule has 2 amide bonds. The van der Waals surface area contributed by atoms with Crippen LogP contribution in [0.5, 0.6) is 5.75 Å². The van der Waals surface area contributed by atoms with Gasteiger partial charge in [-0.05, 0) is 25.0 Å². The van der Waals surface area contributed by atoms with Crippen molar-refractivity contribution in [2.75, 3.05) is 25.5 Å². The molecule has 1 aromatic rings. The lowest BCUT2D eigenvalue weighted by Gasteiger charge is -2.30. The topological polar surface area (TPSA) is 78.9 Å². The van der Waals surface area contributed by atoms with Crippen molar-refractivity contribution in [2.24, 2.45) is 5.92 Å². The van der Waals surface area contributed by atoms with E-state index in [9.17, 15) is 14.0 Å². The number of halogens is 1. The molecule has 0 unspecified atom stereocenters. The lowest BCUT2D eigenvalue weighted by Crippen LogP contribution is -2.44. The summed E-state index contributed by atoms with van der Waals surface area (Å²) in [5, 5.41) is 11.6. The van der Waals surface area contributed by atoms with Crippen LogP contribution >= 0.6 is 0 Å². The lowest BCUT2D eigenvalue weighted by atomic mass is 9.99. The largest absolute Gasteiger partial charge is 0.494 e. The van der Waals surface area contributed by atoms with E-state index >= 15 is 0 Å². The Morgan fingerprint density at radius 1 is 1.48 bits per heavy atom. The minimum atomic E-state index is -0.896. The van der Waals surface area contributed by atoms with Gasteiger partial charge >= 0.3 is 12.0 Å². The quantitative estimate of drug-likeness (QED) is 0.896. The fourth-order valence-electron chi connectivity index (χ4n) is 2.33. The van der Waals surface area contributed by atoms with E-state index < -0.39 is 23.7 Å². The van der Waals surface area contributed by atoms with Gasteiger partial charge in [0.15, 0.2) is 0 Å². The Morgan fingerprint density at radius 3 is 2.90 bits per heavy atom. The second kappa shape index (κ2) is 6.43. The highest BCUT2D eigenvalue weighted by Gasteiger charge is 2.28. The first-order valence-corrected chi connectivity index (χ1v) is 6.63. The van der Waals surface area contributed by atoms with Crippen LogP contribution in [0.2, 0.25) is 0 Å². The molecule has 2 rings (SSSR count). The van der Waals surface area contributed by atoms with Crippen LogP contribution in [-0.2, 0) is 4.79 Å². The number of carbonyl (C=O) groups is 2. The summed E-state index contributed by atoms with van der Waals surface area (Å²) >= 11 is 0. The zero-order valence-electron chi connectivity index (χ0n) is 11.6. The average Bonchev–Trinajstić information content (AvgIpc) is 2.49. The van der Waals surface area contributed by atoms with Crippen LogP contribution in [-0.4, -0.2) is 42.2 Å². The Morgan fingerprint density at radius 2 is 2.24 bits per heavy atom. The monoisotopic (exact) mass is 296 g/mol. The van der Waals surface area contributed by atoms with Gasteiger partial charge in [0.1, 0.15) is 11.6 Å². The van der Waals surface area contributed by atoms with Crippen LogP contribution in [0, 0.1) is 11.7 Å². The van der Waals surface area contributed by atoms with Gasteiger partial charge in [0.2, 0.25) is 0 Å². The third kappa shape index (κ3) is 3.62. The summed E-state index contributed by atoms with van der Waals surface area (Å²) in [7, 11) is 1.38. The molecule has 1 aliphatic heterocycles. The number of aliphatic carboxylic acids is 1. The maximum Gasteiger partial charge on any atom is 0.321 e. The molecule has 0 aliphatic carbocycles. The van der Waals surface area contributed by atoms with Gasteiger partial charge in [-0.2, -0.15) is 0 Å². The van der Waals surface area contributed by atoms with E-state index in [2.05, 4.69) is 5.32 Å². The van der Waals surface area contributed by atoms with E-state index in [-0.39, 0.29) is 12.3 Å². The Kier molecular flexibility index (Phi) is 4.62. The van der Waals surface area contributed by atoms with Crippen LogP contribution in [0.25, 0.3) is 0 Å². The smallest absolute Gasteiger partial charge is 0.321 e. The van der Waals surface area contributed by atoms with Crippen LogP contribution in [0.4, 0.5) is 14.9 Å². The van der Waals surface area contributed by atoms with Crippen molar-refractivity contribution < 1.29 is 23.8 Å². The predicted octanol–water partition coefficient (Wildman–Crippen LogP) is 2.16. The number of nitrogens with zero attached hydrogens (tertiary/aromatic N) is 1. The second-order valence-electron chi connectivity index (χ2n) is 4.90. The molecule has 0 saturated carbocycles. The maximum atomic E-state index is 13.1. The molecular formula is C14H17FN2O4. The summed E-state index contributed by atoms with van der Waals surface area (Å²) < 4.78 is 18.1. The van der Waals surface area contributed by atoms with Gasteiger partial charge in [-0.15, -0.1) is 0 Å². The number of anilines is 1. The van der Waals surface area contributed by atoms with Gasteiger partial charge in [-0.3, -0.25) is 4.79 Å². The number of urea groups is 1. The zero-order valence-corrected chi connectivity index (χ0v) is 11.6. The maximum absolute atomic E-state index is 13.1. The third-order valence-electron chi connectivity index (χ3n) is 3.46. The van der Waals surface area contributed by atoms with E-state index in [1.54, 1.807) is 0 Å². The fraction of sp³-hybridized carbons (Fsp3) is 0.429. The Bertz CT molecular complexity index is 550. The van der Waals surface area contributed by atoms with Crippen LogP contribution < -0.4 is 10.1 Å². The summed E-state index contributed by atoms with van der Waals surface area (Å²) in [5.41, 5.74) is 0.348. The molecule has 1 aromatic carbocycles.